The minimum absolute atomic E-state index is 0.154. The summed E-state index contributed by atoms with van der Waals surface area (Å²) in [5.74, 6) is 0.154. The van der Waals surface area contributed by atoms with Gasteiger partial charge >= 0.3 is 6.09 Å². The summed E-state index contributed by atoms with van der Waals surface area (Å²) in [5, 5.41) is 10.7. The van der Waals surface area contributed by atoms with Gasteiger partial charge in [-0.05, 0) is 12.8 Å². The third-order valence-electron chi connectivity index (χ3n) is 2.87. The van der Waals surface area contributed by atoms with Crippen LogP contribution >= 0.6 is 0 Å². The minimum Gasteiger partial charge on any atom is -0.465 e. The largest absolute Gasteiger partial charge is 0.465 e. The van der Waals surface area contributed by atoms with E-state index in [4.69, 9.17) is 5.11 Å². The average molecular weight is 258 g/mol. The first-order chi connectivity index (χ1) is 8.57. The maximum Gasteiger partial charge on any atom is 0.404 e. The molecule has 0 aliphatic rings. The Morgan fingerprint density at radius 2 is 1.78 bits per heavy atom. The lowest BCUT2D eigenvalue weighted by molar-refractivity contribution is -0.130. The monoisotopic (exact) mass is 258 g/mol. The summed E-state index contributed by atoms with van der Waals surface area (Å²) in [7, 11) is 1.77. The predicted molar refractivity (Wildman–Crippen MR) is 71.7 cm³/mol. The highest BCUT2D eigenvalue weighted by Crippen LogP contribution is 2.06. The van der Waals surface area contributed by atoms with E-state index in [1.54, 1.807) is 11.9 Å². The molecule has 0 unspecified atom stereocenters. The topological polar surface area (TPSA) is 69.6 Å². The number of rotatable bonds is 10. The molecular weight excluding hydrogens is 232 g/mol. The highest BCUT2D eigenvalue weighted by Gasteiger charge is 2.07. The van der Waals surface area contributed by atoms with E-state index in [2.05, 4.69) is 12.2 Å². The van der Waals surface area contributed by atoms with E-state index < -0.39 is 6.09 Å². The number of amides is 2. The van der Waals surface area contributed by atoms with Crippen LogP contribution in [0.3, 0.4) is 0 Å². The Balaban J connectivity index is 3.48. The standard InChI is InChI=1S/C13H26N2O3/c1-3-4-5-6-7-9-12(16)15(2)11-8-10-14-13(17)18/h14H,3-11H2,1-2H3,(H,17,18). The van der Waals surface area contributed by atoms with E-state index in [9.17, 15) is 9.59 Å². The zero-order valence-electron chi connectivity index (χ0n) is 11.6. The van der Waals surface area contributed by atoms with Crippen LogP contribution in [0.5, 0.6) is 0 Å². The molecular formula is C13H26N2O3. The number of nitrogens with zero attached hydrogens (tertiary/aromatic N) is 1. The molecule has 0 aliphatic carbocycles. The van der Waals surface area contributed by atoms with Crippen LogP contribution in [0.2, 0.25) is 0 Å². The number of carbonyl (C=O) groups is 2. The molecule has 18 heavy (non-hydrogen) atoms. The van der Waals surface area contributed by atoms with Crippen LogP contribution in [0.15, 0.2) is 0 Å². The van der Waals surface area contributed by atoms with Gasteiger partial charge in [-0.2, -0.15) is 0 Å². The van der Waals surface area contributed by atoms with Crippen molar-refractivity contribution in [1.82, 2.24) is 10.2 Å². The Morgan fingerprint density at radius 3 is 2.39 bits per heavy atom. The van der Waals surface area contributed by atoms with Crippen LogP contribution in [0.4, 0.5) is 4.79 Å². The zero-order valence-corrected chi connectivity index (χ0v) is 11.6. The average Bonchev–Trinajstić information content (AvgIpc) is 2.33. The van der Waals surface area contributed by atoms with Gasteiger partial charge in [0.05, 0.1) is 0 Å². The third-order valence-corrected chi connectivity index (χ3v) is 2.87. The van der Waals surface area contributed by atoms with Crippen LogP contribution in [-0.4, -0.2) is 42.1 Å². The molecule has 0 saturated heterocycles. The molecule has 0 fully saturated rings. The molecule has 0 aromatic rings. The second-order valence-corrected chi connectivity index (χ2v) is 4.56. The van der Waals surface area contributed by atoms with Gasteiger partial charge in [-0.15, -0.1) is 0 Å². The minimum atomic E-state index is -1.01. The Morgan fingerprint density at radius 1 is 1.11 bits per heavy atom. The second-order valence-electron chi connectivity index (χ2n) is 4.56. The van der Waals surface area contributed by atoms with Gasteiger partial charge in [0.2, 0.25) is 5.91 Å². The molecule has 0 atom stereocenters. The van der Waals surface area contributed by atoms with Gasteiger partial charge in [-0.25, -0.2) is 4.79 Å². The molecule has 0 spiro atoms. The highest BCUT2D eigenvalue weighted by atomic mass is 16.4. The quantitative estimate of drug-likeness (QED) is 0.591. The fraction of sp³-hybridized carbons (Fsp3) is 0.846. The fourth-order valence-corrected chi connectivity index (χ4v) is 1.71. The summed E-state index contributed by atoms with van der Waals surface area (Å²) in [6.07, 6.45) is 5.98. The molecule has 5 heteroatoms. The second kappa shape index (κ2) is 10.9. The van der Waals surface area contributed by atoms with Crippen LogP contribution < -0.4 is 5.32 Å². The molecule has 0 rings (SSSR count). The summed E-state index contributed by atoms with van der Waals surface area (Å²) in [4.78, 5) is 23.6. The van der Waals surface area contributed by atoms with Gasteiger partial charge in [-0.1, -0.05) is 32.6 Å². The van der Waals surface area contributed by atoms with Crippen LogP contribution in [0.1, 0.15) is 51.9 Å². The summed E-state index contributed by atoms with van der Waals surface area (Å²) >= 11 is 0. The number of nitrogens with one attached hydrogen (secondary N) is 1. The zero-order chi connectivity index (χ0) is 13.8. The van der Waals surface area contributed by atoms with Crippen molar-refractivity contribution in [2.45, 2.75) is 51.9 Å². The summed E-state index contributed by atoms with van der Waals surface area (Å²) in [6.45, 7) is 3.17. The molecule has 0 bridgehead atoms. The molecule has 5 nitrogen and oxygen atoms in total. The van der Waals surface area contributed by atoms with E-state index in [1.807, 2.05) is 0 Å². The lowest BCUT2D eigenvalue weighted by atomic mass is 10.1. The van der Waals surface area contributed by atoms with E-state index >= 15 is 0 Å². The molecule has 0 aliphatic heterocycles. The van der Waals surface area contributed by atoms with Crippen LogP contribution in [0.25, 0.3) is 0 Å². The van der Waals surface area contributed by atoms with E-state index in [0.29, 0.717) is 25.9 Å². The third kappa shape index (κ3) is 9.93. The van der Waals surface area contributed by atoms with Gasteiger partial charge in [-0.3, -0.25) is 4.79 Å². The molecule has 0 saturated carbocycles. The predicted octanol–water partition coefficient (Wildman–Crippen LogP) is 2.46. The SMILES string of the molecule is CCCCCCCC(=O)N(C)CCCNC(=O)O. The Bertz CT molecular complexity index is 244. The first kappa shape index (κ1) is 16.7. The van der Waals surface area contributed by atoms with Crippen molar-refractivity contribution in [2.75, 3.05) is 20.1 Å². The maximum atomic E-state index is 11.7. The normalized spacial score (nSPS) is 10.1. The molecule has 2 amide bonds. The Labute approximate surface area is 110 Å². The van der Waals surface area contributed by atoms with E-state index in [1.165, 1.54) is 19.3 Å². The molecule has 0 heterocycles. The first-order valence-electron chi connectivity index (χ1n) is 6.78. The smallest absolute Gasteiger partial charge is 0.404 e. The number of hydrogen-bond donors (Lipinski definition) is 2. The number of carboxylic acid groups (broad SMARTS) is 1. The van der Waals surface area contributed by atoms with Crippen LogP contribution in [-0.2, 0) is 4.79 Å². The van der Waals surface area contributed by atoms with Crippen molar-refractivity contribution in [3.8, 4) is 0 Å². The van der Waals surface area contributed by atoms with E-state index in [0.717, 1.165) is 12.8 Å². The summed E-state index contributed by atoms with van der Waals surface area (Å²) in [6, 6.07) is 0. The Hall–Kier alpha value is -1.26. The van der Waals surface area contributed by atoms with Gasteiger partial charge in [0, 0.05) is 26.6 Å². The maximum absolute atomic E-state index is 11.7. The molecule has 2 N–H and O–H groups in total. The number of hydrogen-bond acceptors (Lipinski definition) is 2. The van der Waals surface area contributed by atoms with Crippen molar-refractivity contribution in [1.29, 1.82) is 0 Å². The Kier molecular flexibility index (Phi) is 10.1. The highest BCUT2D eigenvalue weighted by molar-refractivity contribution is 5.75. The van der Waals surface area contributed by atoms with Gasteiger partial charge < -0.3 is 15.3 Å². The van der Waals surface area contributed by atoms with Crippen molar-refractivity contribution < 1.29 is 14.7 Å². The van der Waals surface area contributed by atoms with Gasteiger partial charge in [0.1, 0.15) is 0 Å². The van der Waals surface area contributed by atoms with Gasteiger partial charge in [0.25, 0.3) is 0 Å². The lowest BCUT2D eigenvalue weighted by Crippen LogP contribution is -2.30. The summed E-state index contributed by atoms with van der Waals surface area (Å²) in [5.41, 5.74) is 0. The molecule has 0 aromatic carbocycles. The van der Waals surface area contributed by atoms with Gasteiger partial charge in [0.15, 0.2) is 0 Å². The molecule has 106 valence electrons. The van der Waals surface area contributed by atoms with Crippen molar-refractivity contribution in [3.63, 3.8) is 0 Å². The summed E-state index contributed by atoms with van der Waals surface area (Å²) < 4.78 is 0. The lowest BCUT2D eigenvalue weighted by Gasteiger charge is -2.16. The van der Waals surface area contributed by atoms with Crippen LogP contribution in [0, 0.1) is 0 Å². The van der Waals surface area contributed by atoms with Crippen molar-refractivity contribution in [2.24, 2.45) is 0 Å². The van der Waals surface area contributed by atoms with E-state index in [-0.39, 0.29) is 5.91 Å². The fourth-order valence-electron chi connectivity index (χ4n) is 1.71. The first-order valence-corrected chi connectivity index (χ1v) is 6.78. The molecule has 0 aromatic heterocycles. The number of unbranched alkanes of at least 4 members (excludes halogenated alkanes) is 4. The number of carbonyl (C=O) groups excluding carboxylic acids is 1. The van der Waals surface area contributed by atoms with Crippen molar-refractivity contribution in [3.05, 3.63) is 0 Å². The van der Waals surface area contributed by atoms with Crippen molar-refractivity contribution >= 4 is 12.0 Å². The molecule has 0 radical (unpaired) electrons.